The number of hydrogen-bond acceptors (Lipinski definition) is 10. The van der Waals surface area contributed by atoms with Crippen molar-refractivity contribution >= 4 is 28.4 Å². The Hall–Kier alpha value is -5.06. The largest absolute Gasteiger partial charge is 0.497 e. The van der Waals surface area contributed by atoms with Crippen LogP contribution in [-0.4, -0.2) is 64.1 Å². The van der Waals surface area contributed by atoms with Gasteiger partial charge >= 0.3 is 0 Å². The quantitative estimate of drug-likeness (QED) is 0.164. The first-order valence-corrected chi connectivity index (χ1v) is 15.4. The minimum atomic E-state index is -1.19. The van der Waals surface area contributed by atoms with Crippen molar-refractivity contribution in [2.45, 2.75) is 51.0 Å². The Morgan fingerprint density at radius 1 is 0.792 bits per heavy atom. The van der Waals surface area contributed by atoms with Crippen molar-refractivity contribution in [2.24, 2.45) is 0 Å². The average Bonchev–Trinajstić information content (AvgIpc) is 3.35. The van der Waals surface area contributed by atoms with Crippen LogP contribution >= 0.6 is 0 Å². The third-order valence-corrected chi connectivity index (χ3v) is 8.68. The normalized spacial score (nSPS) is 21.2. The SMILES string of the molecule is COc1ccc(COc2cccc3c(OC)c(C4=C[C@H]5OC(C)(C)O[C@@]5(C)[C@H](Oc5ccc(OC)cc5)C4=O)c(C=O)c(OC)c23)cc1. The Kier molecular flexibility index (Phi) is 8.80. The zero-order chi connectivity index (χ0) is 34.2. The van der Waals surface area contributed by atoms with E-state index in [0.717, 1.165) is 11.3 Å². The van der Waals surface area contributed by atoms with Crippen molar-refractivity contribution in [3.63, 3.8) is 0 Å². The molecule has 1 fully saturated rings. The third kappa shape index (κ3) is 5.71. The van der Waals surface area contributed by atoms with Gasteiger partial charge in [-0.1, -0.05) is 24.3 Å². The Morgan fingerprint density at radius 2 is 1.42 bits per heavy atom. The molecule has 0 N–H and O–H groups in total. The lowest BCUT2D eigenvalue weighted by atomic mass is 9.77. The maximum atomic E-state index is 14.7. The molecular formula is C38H38O10. The lowest BCUT2D eigenvalue weighted by Gasteiger charge is -2.39. The summed E-state index contributed by atoms with van der Waals surface area (Å²) < 4.78 is 47.8. The van der Waals surface area contributed by atoms with Crippen LogP contribution in [0.25, 0.3) is 16.3 Å². The average molecular weight is 655 g/mol. The molecule has 1 heterocycles. The predicted molar refractivity (Wildman–Crippen MR) is 179 cm³/mol. The summed E-state index contributed by atoms with van der Waals surface area (Å²) in [6.07, 6.45) is 0.481. The van der Waals surface area contributed by atoms with Crippen LogP contribution in [0.1, 0.15) is 42.3 Å². The standard InChI is InChI=1S/C38H38O10/c1-37(2)47-30-19-27(33(40)36(38(30,3)48-37)46-25-17-15-24(42-5)16-18-25)31-28(20-39)35(44-7)32-26(34(31)43-6)9-8-10-29(32)45-21-22-11-13-23(41-4)14-12-22/h8-20,30,36H,21H2,1-7H3/t30-,36-,38-/m1/s1. The number of ketones is 1. The molecule has 0 spiro atoms. The zero-order valence-corrected chi connectivity index (χ0v) is 27.9. The molecule has 1 aliphatic heterocycles. The molecule has 6 rings (SSSR count). The summed E-state index contributed by atoms with van der Waals surface area (Å²) in [5.74, 6) is 1.37. The van der Waals surface area contributed by atoms with Crippen LogP contribution in [0.5, 0.6) is 34.5 Å². The van der Waals surface area contributed by atoms with E-state index < -0.39 is 29.4 Å². The lowest BCUT2D eigenvalue weighted by molar-refractivity contribution is -0.177. The fraction of sp³-hybridized carbons (Fsp3) is 0.316. The Morgan fingerprint density at radius 3 is 2.02 bits per heavy atom. The molecule has 4 aromatic rings. The van der Waals surface area contributed by atoms with Gasteiger partial charge in [0.1, 0.15) is 52.8 Å². The summed E-state index contributed by atoms with van der Waals surface area (Å²) in [5, 5.41) is 1.11. The van der Waals surface area contributed by atoms with Crippen LogP contribution in [0.2, 0.25) is 0 Å². The van der Waals surface area contributed by atoms with Gasteiger partial charge in [0.2, 0.25) is 5.78 Å². The Bertz CT molecular complexity index is 1880. The van der Waals surface area contributed by atoms with Gasteiger partial charge in [0.15, 0.2) is 18.2 Å². The molecule has 10 heteroatoms. The van der Waals surface area contributed by atoms with Gasteiger partial charge in [0, 0.05) is 16.5 Å². The van der Waals surface area contributed by atoms with Crippen LogP contribution in [0.3, 0.4) is 0 Å². The number of rotatable bonds is 11. The molecule has 0 saturated carbocycles. The van der Waals surface area contributed by atoms with E-state index in [-0.39, 0.29) is 29.1 Å². The topological polar surface area (TPSA) is 108 Å². The van der Waals surface area contributed by atoms with Crippen molar-refractivity contribution in [3.05, 3.63) is 89.5 Å². The molecule has 250 valence electrons. The molecule has 2 aliphatic rings. The van der Waals surface area contributed by atoms with E-state index in [1.165, 1.54) is 14.2 Å². The van der Waals surface area contributed by atoms with E-state index in [2.05, 4.69) is 0 Å². The third-order valence-electron chi connectivity index (χ3n) is 8.68. The highest BCUT2D eigenvalue weighted by atomic mass is 16.8. The Balaban J connectivity index is 1.49. The molecule has 4 aromatic carbocycles. The fourth-order valence-electron chi connectivity index (χ4n) is 6.51. The number of methoxy groups -OCH3 is 4. The van der Waals surface area contributed by atoms with E-state index in [1.807, 2.05) is 36.4 Å². The van der Waals surface area contributed by atoms with E-state index >= 15 is 0 Å². The van der Waals surface area contributed by atoms with E-state index in [9.17, 15) is 9.59 Å². The van der Waals surface area contributed by atoms with Crippen LogP contribution < -0.4 is 28.4 Å². The molecule has 0 unspecified atom stereocenters. The summed E-state index contributed by atoms with van der Waals surface area (Å²) in [7, 11) is 6.14. The van der Waals surface area contributed by atoms with Gasteiger partial charge < -0.3 is 37.9 Å². The van der Waals surface area contributed by atoms with Crippen LogP contribution in [0, 0.1) is 0 Å². The number of hydrogen-bond donors (Lipinski definition) is 0. The number of Topliss-reactive ketones (excluding diaryl/α,β-unsaturated/α-hetero) is 1. The highest BCUT2D eigenvalue weighted by Gasteiger charge is 2.60. The number of carbonyl (C=O) groups is 2. The number of ether oxygens (including phenoxy) is 8. The molecule has 3 atom stereocenters. The summed E-state index contributed by atoms with van der Waals surface area (Å²) in [6.45, 7) is 5.59. The van der Waals surface area contributed by atoms with Crippen LogP contribution in [0.4, 0.5) is 0 Å². The molecule has 0 aromatic heterocycles. The molecule has 0 radical (unpaired) electrons. The smallest absolute Gasteiger partial charge is 0.206 e. The van der Waals surface area contributed by atoms with Crippen molar-refractivity contribution in [1.29, 1.82) is 0 Å². The molecule has 48 heavy (non-hydrogen) atoms. The van der Waals surface area contributed by atoms with Crippen molar-refractivity contribution in [1.82, 2.24) is 0 Å². The second-order valence-corrected chi connectivity index (χ2v) is 12.1. The zero-order valence-electron chi connectivity index (χ0n) is 27.9. The minimum Gasteiger partial charge on any atom is -0.497 e. The number of benzene rings is 4. The van der Waals surface area contributed by atoms with Crippen LogP contribution in [-0.2, 0) is 20.9 Å². The number of fused-ring (bicyclic) bond motifs is 2. The maximum Gasteiger partial charge on any atom is 0.206 e. The van der Waals surface area contributed by atoms with E-state index in [1.54, 1.807) is 71.4 Å². The monoisotopic (exact) mass is 654 g/mol. The first-order valence-electron chi connectivity index (χ1n) is 15.4. The molecular weight excluding hydrogens is 616 g/mol. The molecule has 0 amide bonds. The summed E-state index contributed by atoms with van der Waals surface area (Å²) in [5.41, 5.74) is 0.277. The maximum absolute atomic E-state index is 14.7. The number of carbonyl (C=O) groups excluding carboxylic acids is 2. The van der Waals surface area contributed by atoms with Gasteiger partial charge in [-0.2, -0.15) is 0 Å². The molecule has 1 aliphatic carbocycles. The minimum absolute atomic E-state index is 0.118. The summed E-state index contributed by atoms with van der Waals surface area (Å²) in [6, 6.07) is 19.9. The van der Waals surface area contributed by atoms with E-state index in [0.29, 0.717) is 40.1 Å². The highest BCUT2D eigenvalue weighted by molar-refractivity contribution is 6.28. The molecule has 0 bridgehead atoms. The highest BCUT2D eigenvalue weighted by Crippen LogP contribution is 2.51. The first kappa shape index (κ1) is 32.9. The van der Waals surface area contributed by atoms with Gasteiger partial charge in [-0.25, -0.2) is 0 Å². The second kappa shape index (κ2) is 12.9. The van der Waals surface area contributed by atoms with Crippen molar-refractivity contribution < 1.29 is 47.5 Å². The van der Waals surface area contributed by atoms with Gasteiger partial charge in [-0.05, 0) is 74.9 Å². The Labute approximate surface area is 279 Å². The summed E-state index contributed by atoms with van der Waals surface area (Å²) >= 11 is 0. The van der Waals surface area contributed by atoms with Crippen LogP contribution in [0.15, 0.2) is 72.8 Å². The molecule has 10 nitrogen and oxygen atoms in total. The van der Waals surface area contributed by atoms with Crippen molar-refractivity contribution in [2.75, 3.05) is 28.4 Å². The second-order valence-electron chi connectivity index (χ2n) is 12.1. The van der Waals surface area contributed by atoms with Gasteiger partial charge in [-0.3, -0.25) is 9.59 Å². The van der Waals surface area contributed by atoms with Gasteiger partial charge in [0.05, 0.1) is 39.4 Å². The first-order chi connectivity index (χ1) is 23.1. The summed E-state index contributed by atoms with van der Waals surface area (Å²) in [4.78, 5) is 27.7. The predicted octanol–water partition coefficient (Wildman–Crippen LogP) is 6.59. The van der Waals surface area contributed by atoms with Gasteiger partial charge in [-0.15, -0.1) is 0 Å². The van der Waals surface area contributed by atoms with Crippen molar-refractivity contribution in [3.8, 4) is 34.5 Å². The molecule has 1 saturated heterocycles. The van der Waals surface area contributed by atoms with Gasteiger partial charge in [0.25, 0.3) is 0 Å². The number of aldehydes is 1. The van der Waals surface area contributed by atoms with E-state index in [4.69, 9.17) is 37.9 Å². The fourth-order valence-corrected chi connectivity index (χ4v) is 6.51. The lowest BCUT2D eigenvalue weighted by Crippen LogP contribution is -2.57.